The van der Waals surface area contributed by atoms with Crippen LogP contribution in [-0.4, -0.2) is 23.2 Å². The summed E-state index contributed by atoms with van der Waals surface area (Å²) < 4.78 is 5.48. The van der Waals surface area contributed by atoms with Crippen molar-refractivity contribution in [3.8, 4) is 22.8 Å². The van der Waals surface area contributed by atoms with Gasteiger partial charge in [0.1, 0.15) is 0 Å². The Morgan fingerprint density at radius 2 is 2.00 bits per heavy atom. The summed E-state index contributed by atoms with van der Waals surface area (Å²) in [6, 6.07) is 14.3. The van der Waals surface area contributed by atoms with E-state index in [9.17, 15) is 0 Å². The lowest BCUT2D eigenvalue weighted by molar-refractivity contribution is 0.432. The number of hydrazine groups is 2. The Morgan fingerprint density at radius 1 is 1.16 bits per heavy atom. The van der Waals surface area contributed by atoms with Gasteiger partial charge in [-0.25, -0.2) is 0 Å². The molecule has 0 saturated carbocycles. The maximum Gasteiger partial charge on any atom is 0.260 e. The van der Waals surface area contributed by atoms with E-state index in [1.54, 1.807) is 0 Å². The molecule has 0 bridgehead atoms. The van der Waals surface area contributed by atoms with Crippen LogP contribution in [0.15, 0.2) is 47.0 Å². The molecule has 0 amide bonds. The van der Waals surface area contributed by atoms with Crippen molar-refractivity contribution in [2.45, 2.75) is 19.9 Å². The molecule has 2 aromatic carbocycles. The Kier molecular flexibility index (Phi) is 3.77. The molecule has 1 aliphatic rings. The van der Waals surface area contributed by atoms with Gasteiger partial charge in [-0.05, 0) is 44.2 Å². The summed E-state index contributed by atoms with van der Waals surface area (Å²) in [6.07, 6.45) is 0. The van der Waals surface area contributed by atoms with Gasteiger partial charge in [0.2, 0.25) is 5.82 Å². The fourth-order valence-corrected chi connectivity index (χ4v) is 2.91. The van der Waals surface area contributed by atoms with Crippen molar-refractivity contribution in [1.29, 1.82) is 0 Å². The predicted molar refractivity (Wildman–Crippen MR) is 99.1 cm³/mol. The van der Waals surface area contributed by atoms with Gasteiger partial charge in [-0.1, -0.05) is 17.3 Å². The number of hydrogen-bond donors (Lipinski definition) is 3. The zero-order chi connectivity index (χ0) is 17.4. The molecule has 2 heterocycles. The van der Waals surface area contributed by atoms with Crippen molar-refractivity contribution in [2.24, 2.45) is 0 Å². The third kappa shape index (κ3) is 2.68. The number of rotatable bonds is 4. The van der Waals surface area contributed by atoms with E-state index in [-0.39, 0.29) is 0 Å². The Labute approximate surface area is 146 Å². The van der Waals surface area contributed by atoms with Gasteiger partial charge in [0.15, 0.2) is 0 Å². The molecule has 1 aromatic heterocycles. The molecule has 0 spiro atoms. The van der Waals surface area contributed by atoms with Gasteiger partial charge < -0.3 is 15.3 Å². The van der Waals surface area contributed by atoms with Crippen LogP contribution in [0, 0.1) is 0 Å². The first kappa shape index (κ1) is 15.5. The fraction of sp³-hybridized carbons (Fsp3) is 0.222. The van der Waals surface area contributed by atoms with Crippen LogP contribution >= 0.6 is 0 Å². The van der Waals surface area contributed by atoms with E-state index in [1.165, 1.54) is 0 Å². The second-order valence-electron chi connectivity index (χ2n) is 6.15. The SMILES string of the molecule is CNc1ccccc1-c1nc(-c2ccc3c(c2)NNN3C(C)C)no1. The standard InChI is InChI=1S/C18H20N6O/c1-11(2)24-16-9-8-12(10-15(16)21-23-24)17-20-18(25-22-17)13-6-4-5-7-14(13)19-3/h4-11,19,21,23H,1-3H3. The molecule has 3 aromatic rings. The van der Waals surface area contributed by atoms with Crippen LogP contribution in [0.1, 0.15) is 13.8 Å². The smallest absolute Gasteiger partial charge is 0.260 e. The van der Waals surface area contributed by atoms with Crippen LogP contribution in [0.2, 0.25) is 0 Å². The van der Waals surface area contributed by atoms with Gasteiger partial charge >= 0.3 is 0 Å². The first-order chi connectivity index (χ1) is 12.2. The van der Waals surface area contributed by atoms with Gasteiger partial charge in [0.25, 0.3) is 5.89 Å². The monoisotopic (exact) mass is 336 g/mol. The summed E-state index contributed by atoms with van der Waals surface area (Å²) in [4.78, 5) is 4.56. The number of aromatic nitrogens is 2. The summed E-state index contributed by atoms with van der Waals surface area (Å²) in [6.45, 7) is 4.25. The first-order valence-electron chi connectivity index (χ1n) is 8.23. The number of nitrogens with zero attached hydrogens (tertiary/aromatic N) is 3. The summed E-state index contributed by atoms with van der Waals surface area (Å²) in [5.74, 6) is 1.06. The van der Waals surface area contributed by atoms with Crippen LogP contribution in [0.3, 0.4) is 0 Å². The van der Waals surface area contributed by atoms with Crippen molar-refractivity contribution in [1.82, 2.24) is 15.7 Å². The molecule has 4 rings (SSSR count). The van der Waals surface area contributed by atoms with Gasteiger partial charge in [-0.3, -0.25) is 5.01 Å². The molecule has 7 nitrogen and oxygen atoms in total. The van der Waals surface area contributed by atoms with Crippen molar-refractivity contribution >= 4 is 17.1 Å². The summed E-state index contributed by atoms with van der Waals surface area (Å²) >= 11 is 0. The molecular formula is C18H20N6O. The van der Waals surface area contributed by atoms with Crippen molar-refractivity contribution in [3.63, 3.8) is 0 Å². The number of hydrogen-bond acceptors (Lipinski definition) is 7. The van der Waals surface area contributed by atoms with Crippen LogP contribution in [-0.2, 0) is 0 Å². The zero-order valence-electron chi connectivity index (χ0n) is 14.4. The molecule has 0 fully saturated rings. The fourth-order valence-electron chi connectivity index (χ4n) is 2.91. The highest BCUT2D eigenvalue weighted by molar-refractivity contribution is 5.79. The molecule has 0 unspecified atom stereocenters. The van der Waals surface area contributed by atoms with E-state index < -0.39 is 0 Å². The zero-order valence-corrected chi connectivity index (χ0v) is 14.4. The molecule has 0 radical (unpaired) electrons. The van der Waals surface area contributed by atoms with Gasteiger partial charge in [0, 0.05) is 24.3 Å². The Balaban J connectivity index is 1.67. The first-order valence-corrected chi connectivity index (χ1v) is 8.23. The molecule has 7 heteroatoms. The average Bonchev–Trinajstić information content (AvgIpc) is 3.28. The third-order valence-electron chi connectivity index (χ3n) is 4.19. The second kappa shape index (κ2) is 6.10. The minimum absolute atomic E-state index is 0.342. The van der Waals surface area contributed by atoms with E-state index in [2.05, 4.69) is 51.3 Å². The highest BCUT2D eigenvalue weighted by Crippen LogP contribution is 2.34. The molecule has 128 valence electrons. The van der Waals surface area contributed by atoms with E-state index in [1.807, 2.05) is 43.4 Å². The van der Waals surface area contributed by atoms with E-state index in [0.717, 1.165) is 28.2 Å². The highest BCUT2D eigenvalue weighted by atomic mass is 16.5. The highest BCUT2D eigenvalue weighted by Gasteiger charge is 2.22. The number of anilines is 3. The summed E-state index contributed by atoms with van der Waals surface area (Å²) in [5.41, 5.74) is 11.2. The van der Waals surface area contributed by atoms with E-state index >= 15 is 0 Å². The van der Waals surface area contributed by atoms with Gasteiger partial charge in [-0.15, -0.1) is 5.53 Å². The Hall–Kier alpha value is -3.06. The van der Waals surface area contributed by atoms with Gasteiger partial charge in [0.05, 0.1) is 16.9 Å². The molecular weight excluding hydrogens is 316 g/mol. The predicted octanol–water partition coefficient (Wildman–Crippen LogP) is 3.51. The number of fused-ring (bicyclic) bond motifs is 1. The number of nitrogens with one attached hydrogen (secondary N) is 3. The molecule has 1 aliphatic heterocycles. The summed E-state index contributed by atoms with van der Waals surface area (Å²) in [5, 5.41) is 9.36. The van der Waals surface area contributed by atoms with E-state index in [4.69, 9.17) is 4.52 Å². The van der Waals surface area contributed by atoms with Crippen molar-refractivity contribution < 1.29 is 4.52 Å². The minimum Gasteiger partial charge on any atom is -0.387 e. The Bertz CT molecular complexity index is 904. The molecule has 25 heavy (non-hydrogen) atoms. The lowest BCUT2D eigenvalue weighted by Crippen LogP contribution is -2.41. The van der Waals surface area contributed by atoms with E-state index in [0.29, 0.717) is 17.8 Å². The molecule has 0 aliphatic carbocycles. The van der Waals surface area contributed by atoms with Crippen molar-refractivity contribution in [2.75, 3.05) is 22.8 Å². The van der Waals surface area contributed by atoms with Gasteiger partial charge in [-0.2, -0.15) is 4.98 Å². The van der Waals surface area contributed by atoms with Crippen LogP contribution < -0.4 is 21.3 Å². The Morgan fingerprint density at radius 3 is 2.80 bits per heavy atom. The van der Waals surface area contributed by atoms with Crippen LogP contribution in [0.25, 0.3) is 22.8 Å². The quantitative estimate of drug-likeness (QED) is 0.673. The maximum atomic E-state index is 5.48. The lowest BCUT2D eigenvalue weighted by Gasteiger charge is -2.21. The lowest BCUT2D eigenvalue weighted by atomic mass is 10.1. The third-order valence-corrected chi connectivity index (χ3v) is 4.19. The molecule has 3 N–H and O–H groups in total. The second-order valence-corrected chi connectivity index (χ2v) is 6.15. The number of benzene rings is 2. The molecule has 0 saturated heterocycles. The minimum atomic E-state index is 0.342. The largest absolute Gasteiger partial charge is 0.387 e. The van der Waals surface area contributed by atoms with Crippen LogP contribution in [0.4, 0.5) is 17.1 Å². The topological polar surface area (TPSA) is 78.3 Å². The molecule has 0 atom stereocenters. The van der Waals surface area contributed by atoms with Crippen molar-refractivity contribution in [3.05, 3.63) is 42.5 Å². The van der Waals surface area contributed by atoms with Crippen LogP contribution in [0.5, 0.6) is 0 Å². The number of para-hydroxylation sites is 1. The maximum absolute atomic E-state index is 5.48. The normalized spacial score (nSPS) is 13.0. The average molecular weight is 336 g/mol. The summed E-state index contributed by atoms with van der Waals surface area (Å²) in [7, 11) is 1.87.